The quantitative estimate of drug-likeness (QED) is 0.378. The highest BCUT2D eigenvalue weighted by molar-refractivity contribution is 6.70. The molecule has 0 aromatic rings. The summed E-state index contributed by atoms with van der Waals surface area (Å²) in [6.45, 7) is 12.9. The van der Waals surface area contributed by atoms with Crippen LogP contribution in [-0.4, -0.2) is 8.32 Å². The zero-order valence-corrected chi connectivity index (χ0v) is 13.0. The Morgan fingerprint density at radius 2 is 1.88 bits per heavy atom. The van der Waals surface area contributed by atoms with Crippen LogP contribution < -0.4 is 0 Å². The van der Waals surface area contributed by atoms with Crippen molar-refractivity contribution in [2.24, 2.45) is 5.92 Å². The van der Waals surface area contributed by atoms with Crippen molar-refractivity contribution < 1.29 is 4.43 Å². The Balaban J connectivity index is 2.85. The van der Waals surface area contributed by atoms with E-state index >= 15 is 0 Å². The second-order valence-corrected chi connectivity index (χ2v) is 10.5. The van der Waals surface area contributed by atoms with E-state index in [0.717, 1.165) is 0 Å². The smallest absolute Gasteiger partial charge is 0.241 e. The lowest BCUT2D eigenvalue weighted by atomic mass is 9.86. The van der Waals surface area contributed by atoms with Gasteiger partial charge in [-0.25, -0.2) is 0 Å². The number of rotatable bonds is 3. The van der Waals surface area contributed by atoms with Crippen LogP contribution >= 0.6 is 0 Å². The number of hydrogen-bond donors (Lipinski definition) is 0. The first-order chi connectivity index (χ1) is 7.94. The third kappa shape index (κ3) is 5.11. The molecule has 1 rings (SSSR count). The molecule has 1 saturated carbocycles. The van der Waals surface area contributed by atoms with Crippen molar-refractivity contribution in [3.63, 3.8) is 0 Å². The maximum absolute atomic E-state index is 6.18. The Labute approximate surface area is 108 Å². The Morgan fingerprint density at radius 1 is 1.24 bits per heavy atom. The summed E-state index contributed by atoms with van der Waals surface area (Å²) in [5.41, 5.74) is 1.52. The van der Waals surface area contributed by atoms with Gasteiger partial charge in [0.1, 0.15) is 0 Å². The van der Waals surface area contributed by atoms with E-state index in [9.17, 15) is 0 Å². The lowest BCUT2D eigenvalue weighted by molar-refractivity contribution is 0.394. The predicted octanol–water partition coefficient (Wildman–Crippen LogP) is 5.27. The van der Waals surface area contributed by atoms with Crippen molar-refractivity contribution in [3.05, 3.63) is 24.0 Å². The summed E-state index contributed by atoms with van der Waals surface area (Å²) < 4.78 is 6.18. The third-order valence-corrected chi connectivity index (χ3v) is 4.27. The molecule has 1 aliphatic carbocycles. The van der Waals surface area contributed by atoms with Gasteiger partial charge < -0.3 is 4.43 Å². The van der Waals surface area contributed by atoms with E-state index in [2.05, 4.69) is 39.2 Å². The summed E-state index contributed by atoms with van der Waals surface area (Å²) in [4.78, 5) is 0. The molecule has 0 aromatic heterocycles. The largest absolute Gasteiger partial charge is 0.548 e. The SMILES string of the molecule is C=CC1CCCCCC/C1=C(/C)O[Si](C)(C)C. The fourth-order valence-electron chi connectivity index (χ4n) is 2.61. The molecule has 98 valence electrons. The molecule has 1 aliphatic rings. The summed E-state index contributed by atoms with van der Waals surface area (Å²) in [5, 5.41) is 0. The Hall–Kier alpha value is -0.503. The van der Waals surface area contributed by atoms with E-state index in [1.807, 2.05) is 0 Å². The van der Waals surface area contributed by atoms with Crippen LogP contribution in [0.25, 0.3) is 0 Å². The molecule has 17 heavy (non-hydrogen) atoms. The highest BCUT2D eigenvalue weighted by atomic mass is 28.4. The van der Waals surface area contributed by atoms with Gasteiger partial charge >= 0.3 is 0 Å². The first kappa shape index (κ1) is 14.6. The van der Waals surface area contributed by atoms with Crippen molar-refractivity contribution in [3.8, 4) is 0 Å². The molecule has 1 fully saturated rings. The van der Waals surface area contributed by atoms with E-state index in [0.29, 0.717) is 5.92 Å². The molecule has 0 aromatic carbocycles. The van der Waals surface area contributed by atoms with Gasteiger partial charge in [-0.05, 0) is 51.4 Å². The second-order valence-electron chi connectivity index (χ2n) is 6.09. The Kier molecular flexibility index (Phi) is 5.51. The molecule has 0 spiro atoms. The van der Waals surface area contributed by atoms with Gasteiger partial charge in [-0.15, -0.1) is 6.58 Å². The van der Waals surface area contributed by atoms with Gasteiger partial charge in [0.05, 0.1) is 5.76 Å². The molecular weight excluding hydrogens is 224 g/mol. The summed E-state index contributed by atoms with van der Waals surface area (Å²) in [5.74, 6) is 1.74. The molecule has 0 N–H and O–H groups in total. The van der Waals surface area contributed by atoms with E-state index < -0.39 is 8.32 Å². The highest BCUT2D eigenvalue weighted by Crippen LogP contribution is 2.31. The highest BCUT2D eigenvalue weighted by Gasteiger charge is 2.21. The van der Waals surface area contributed by atoms with E-state index in [-0.39, 0.29) is 0 Å². The van der Waals surface area contributed by atoms with Crippen LogP contribution in [0.1, 0.15) is 45.4 Å². The molecule has 1 nitrogen and oxygen atoms in total. The first-order valence-corrected chi connectivity index (χ1v) is 10.4. The third-order valence-electron chi connectivity index (χ3n) is 3.35. The van der Waals surface area contributed by atoms with Crippen LogP contribution in [0.2, 0.25) is 19.6 Å². The van der Waals surface area contributed by atoms with E-state index in [4.69, 9.17) is 4.43 Å². The molecule has 2 heteroatoms. The molecular formula is C15H28OSi. The van der Waals surface area contributed by atoms with Gasteiger partial charge in [0.2, 0.25) is 8.32 Å². The molecule has 0 heterocycles. The minimum atomic E-state index is -1.47. The summed E-state index contributed by atoms with van der Waals surface area (Å²) in [6, 6.07) is 0. The zero-order chi connectivity index (χ0) is 12.9. The van der Waals surface area contributed by atoms with Crippen LogP contribution in [0.15, 0.2) is 24.0 Å². The van der Waals surface area contributed by atoms with Crippen LogP contribution in [0.3, 0.4) is 0 Å². The van der Waals surface area contributed by atoms with Crippen LogP contribution in [-0.2, 0) is 4.43 Å². The molecule has 0 saturated heterocycles. The van der Waals surface area contributed by atoms with Crippen molar-refractivity contribution in [2.45, 2.75) is 65.1 Å². The summed E-state index contributed by atoms with van der Waals surface area (Å²) in [6.07, 6.45) is 9.97. The molecule has 0 amide bonds. The fraction of sp³-hybridized carbons (Fsp3) is 0.733. The first-order valence-electron chi connectivity index (χ1n) is 6.95. The average Bonchev–Trinajstić information content (AvgIpc) is 2.14. The molecule has 0 bridgehead atoms. The maximum Gasteiger partial charge on any atom is 0.241 e. The van der Waals surface area contributed by atoms with Crippen LogP contribution in [0.5, 0.6) is 0 Å². The van der Waals surface area contributed by atoms with Crippen molar-refractivity contribution in [1.82, 2.24) is 0 Å². The summed E-state index contributed by atoms with van der Waals surface area (Å²) in [7, 11) is -1.47. The van der Waals surface area contributed by atoms with Gasteiger partial charge in [-0.2, -0.15) is 0 Å². The van der Waals surface area contributed by atoms with Gasteiger partial charge in [0.25, 0.3) is 0 Å². The standard InChI is InChI=1S/C15H28OSi/c1-6-14-11-9-7-8-10-12-15(14)13(2)16-17(3,4)5/h6,14H,1,7-12H2,2-5H3/b15-13+. The van der Waals surface area contributed by atoms with Gasteiger partial charge in [0.15, 0.2) is 0 Å². The second kappa shape index (κ2) is 6.44. The van der Waals surface area contributed by atoms with Gasteiger partial charge in [-0.1, -0.05) is 25.3 Å². The topological polar surface area (TPSA) is 9.23 Å². The maximum atomic E-state index is 6.18. The van der Waals surface area contributed by atoms with Gasteiger partial charge in [0, 0.05) is 5.92 Å². The monoisotopic (exact) mass is 252 g/mol. The molecule has 0 aliphatic heterocycles. The van der Waals surface area contributed by atoms with Gasteiger partial charge in [-0.3, -0.25) is 0 Å². The van der Waals surface area contributed by atoms with Crippen LogP contribution in [0, 0.1) is 5.92 Å². The normalized spacial score (nSPS) is 25.8. The van der Waals surface area contributed by atoms with E-state index in [1.54, 1.807) is 0 Å². The predicted molar refractivity (Wildman–Crippen MR) is 78.5 cm³/mol. The van der Waals surface area contributed by atoms with Crippen LogP contribution in [0.4, 0.5) is 0 Å². The number of hydrogen-bond acceptors (Lipinski definition) is 1. The van der Waals surface area contributed by atoms with Crippen molar-refractivity contribution in [2.75, 3.05) is 0 Å². The Bertz CT molecular complexity index is 286. The minimum Gasteiger partial charge on any atom is -0.548 e. The Morgan fingerprint density at radius 3 is 2.47 bits per heavy atom. The lowest BCUT2D eigenvalue weighted by Gasteiger charge is -2.27. The summed E-state index contributed by atoms with van der Waals surface area (Å²) >= 11 is 0. The fourth-order valence-corrected chi connectivity index (χ4v) is 3.66. The average molecular weight is 252 g/mol. The minimum absolute atomic E-state index is 0.548. The molecule has 1 atom stereocenters. The zero-order valence-electron chi connectivity index (χ0n) is 12.0. The lowest BCUT2D eigenvalue weighted by Crippen LogP contribution is -2.25. The molecule has 0 radical (unpaired) electrons. The van der Waals surface area contributed by atoms with E-state index in [1.165, 1.54) is 49.9 Å². The van der Waals surface area contributed by atoms with Crippen molar-refractivity contribution >= 4 is 8.32 Å². The number of allylic oxidation sites excluding steroid dienone is 3. The molecule has 1 unspecified atom stereocenters. The van der Waals surface area contributed by atoms with Crippen molar-refractivity contribution in [1.29, 1.82) is 0 Å².